The van der Waals surface area contributed by atoms with Gasteiger partial charge in [-0.25, -0.2) is 8.42 Å². The first-order valence-electron chi connectivity index (χ1n) is 6.73. The number of sulfonamides is 1. The van der Waals surface area contributed by atoms with Gasteiger partial charge in [0.05, 0.1) is 16.5 Å². The van der Waals surface area contributed by atoms with Crippen LogP contribution in [0.15, 0.2) is 23.1 Å². The Morgan fingerprint density at radius 1 is 1.45 bits per heavy atom. The number of hydrogen-bond acceptors (Lipinski definition) is 4. The summed E-state index contributed by atoms with van der Waals surface area (Å²) in [5.74, 6) is 0. The zero-order valence-electron chi connectivity index (χ0n) is 11.5. The van der Waals surface area contributed by atoms with E-state index in [0.29, 0.717) is 24.2 Å². The molecule has 0 amide bonds. The molecule has 0 aromatic heterocycles. The van der Waals surface area contributed by atoms with Gasteiger partial charge in [-0.05, 0) is 37.5 Å². The lowest BCUT2D eigenvalue weighted by Crippen LogP contribution is -2.47. The number of hydrogen-bond donors (Lipinski definition) is 1. The third kappa shape index (κ3) is 2.70. The fourth-order valence-corrected chi connectivity index (χ4v) is 4.56. The monoisotopic (exact) mass is 293 g/mol. The maximum absolute atomic E-state index is 12.8. The summed E-state index contributed by atoms with van der Waals surface area (Å²) >= 11 is 0. The smallest absolute Gasteiger partial charge is 0.243 e. The molecule has 0 bridgehead atoms. The SMILES string of the molecule is Cc1ccc(C#N)cc1S(=O)(=O)N1CCCC[C@H]1CN. The Labute approximate surface area is 120 Å². The number of benzene rings is 1. The van der Waals surface area contributed by atoms with Crippen molar-refractivity contribution in [2.75, 3.05) is 13.1 Å². The van der Waals surface area contributed by atoms with Crippen LogP contribution in [0.5, 0.6) is 0 Å². The molecule has 1 atom stereocenters. The number of aryl methyl sites for hydroxylation is 1. The average Bonchev–Trinajstić information content (AvgIpc) is 2.47. The summed E-state index contributed by atoms with van der Waals surface area (Å²) in [6.45, 7) is 2.58. The minimum atomic E-state index is -3.58. The summed E-state index contributed by atoms with van der Waals surface area (Å²) < 4.78 is 27.1. The van der Waals surface area contributed by atoms with Gasteiger partial charge in [-0.3, -0.25) is 0 Å². The third-order valence-corrected chi connectivity index (χ3v) is 5.84. The van der Waals surface area contributed by atoms with Crippen molar-refractivity contribution in [3.8, 4) is 6.07 Å². The van der Waals surface area contributed by atoms with Gasteiger partial charge in [0.15, 0.2) is 0 Å². The zero-order valence-corrected chi connectivity index (χ0v) is 12.4. The highest BCUT2D eigenvalue weighted by atomic mass is 32.2. The second-order valence-corrected chi connectivity index (χ2v) is 6.95. The highest BCUT2D eigenvalue weighted by Crippen LogP contribution is 2.27. The molecule has 0 radical (unpaired) electrons. The average molecular weight is 293 g/mol. The van der Waals surface area contributed by atoms with E-state index in [1.807, 2.05) is 6.07 Å². The quantitative estimate of drug-likeness (QED) is 0.911. The van der Waals surface area contributed by atoms with Gasteiger partial charge < -0.3 is 5.73 Å². The van der Waals surface area contributed by atoms with E-state index in [9.17, 15) is 8.42 Å². The molecule has 2 N–H and O–H groups in total. The molecule has 0 unspecified atom stereocenters. The number of rotatable bonds is 3. The van der Waals surface area contributed by atoms with E-state index < -0.39 is 10.0 Å². The largest absolute Gasteiger partial charge is 0.329 e. The maximum Gasteiger partial charge on any atom is 0.243 e. The Hall–Kier alpha value is -1.42. The van der Waals surface area contributed by atoms with Crippen molar-refractivity contribution in [3.63, 3.8) is 0 Å². The van der Waals surface area contributed by atoms with Crippen LogP contribution in [0.4, 0.5) is 0 Å². The second kappa shape index (κ2) is 5.92. The summed E-state index contributed by atoms with van der Waals surface area (Å²) in [6.07, 6.45) is 2.66. The van der Waals surface area contributed by atoms with Crippen LogP contribution in [0, 0.1) is 18.3 Å². The fraction of sp³-hybridized carbons (Fsp3) is 0.500. The minimum Gasteiger partial charge on any atom is -0.329 e. The first kappa shape index (κ1) is 15.0. The number of nitrogens with zero attached hydrogens (tertiary/aromatic N) is 2. The van der Waals surface area contributed by atoms with Gasteiger partial charge in [0.25, 0.3) is 0 Å². The molecule has 1 heterocycles. The zero-order chi connectivity index (χ0) is 14.8. The Kier molecular flexibility index (Phi) is 4.43. The van der Waals surface area contributed by atoms with Crippen LogP contribution in [0.1, 0.15) is 30.4 Å². The molecule has 1 saturated heterocycles. The predicted molar refractivity (Wildman–Crippen MR) is 76.5 cm³/mol. The first-order valence-corrected chi connectivity index (χ1v) is 8.17. The minimum absolute atomic E-state index is 0.140. The molecule has 108 valence electrons. The summed E-state index contributed by atoms with van der Waals surface area (Å²) in [5, 5.41) is 8.95. The summed E-state index contributed by atoms with van der Waals surface area (Å²) in [6, 6.07) is 6.60. The highest BCUT2D eigenvalue weighted by Gasteiger charge is 2.33. The van der Waals surface area contributed by atoms with Crippen LogP contribution in [0.2, 0.25) is 0 Å². The van der Waals surface area contributed by atoms with Crippen molar-refractivity contribution < 1.29 is 8.42 Å². The Balaban J connectivity index is 2.46. The third-order valence-electron chi connectivity index (χ3n) is 3.75. The molecule has 20 heavy (non-hydrogen) atoms. The molecule has 6 heteroatoms. The summed E-state index contributed by atoms with van der Waals surface area (Å²) in [5.41, 5.74) is 6.72. The standard InChI is InChI=1S/C14H19N3O2S/c1-11-5-6-12(9-15)8-14(11)20(18,19)17-7-3-2-4-13(17)10-16/h5-6,8,13H,2-4,7,10,16H2,1H3/t13-/m0/s1. The molecule has 1 aromatic rings. The number of piperidine rings is 1. The Morgan fingerprint density at radius 2 is 2.20 bits per heavy atom. The molecule has 0 spiro atoms. The molecule has 0 aliphatic carbocycles. The van der Waals surface area contributed by atoms with Crippen molar-refractivity contribution in [3.05, 3.63) is 29.3 Å². The highest BCUT2D eigenvalue weighted by molar-refractivity contribution is 7.89. The van der Waals surface area contributed by atoms with Gasteiger partial charge >= 0.3 is 0 Å². The van der Waals surface area contributed by atoms with E-state index in [1.165, 1.54) is 10.4 Å². The van der Waals surface area contributed by atoms with E-state index in [0.717, 1.165) is 19.3 Å². The Bertz CT molecular complexity index is 634. The second-order valence-electron chi connectivity index (χ2n) is 5.09. The Morgan fingerprint density at radius 3 is 2.85 bits per heavy atom. The van der Waals surface area contributed by atoms with Gasteiger partial charge in [0, 0.05) is 19.1 Å². The van der Waals surface area contributed by atoms with Gasteiger partial charge in [-0.15, -0.1) is 0 Å². The maximum atomic E-state index is 12.8. The van der Waals surface area contributed by atoms with Crippen LogP contribution < -0.4 is 5.73 Å². The molecule has 1 fully saturated rings. The molecule has 1 aliphatic heterocycles. The molecule has 2 rings (SSSR count). The molecule has 5 nitrogen and oxygen atoms in total. The van der Waals surface area contributed by atoms with Crippen molar-refractivity contribution in [2.45, 2.75) is 37.1 Å². The topological polar surface area (TPSA) is 87.2 Å². The number of nitriles is 1. The molecular formula is C14H19N3O2S. The summed E-state index contributed by atoms with van der Waals surface area (Å²) in [7, 11) is -3.58. The molecule has 1 aromatic carbocycles. The van der Waals surface area contributed by atoms with Crippen molar-refractivity contribution in [1.29, 1.82) is 5.26 Å². The van der Waals surface area contributed by atoms with Crippen molar-refractivity contribution in [1.82, 2.24) is 4.31 Å². The van der Waals surface area contributed by atoms with Crippen LogP contribution in [0.25, 0.3) is 0 Å². The van der Waals surface area contributed by atoms with E-state index in [1.54, 1.807) is 19.1 Å². The molecular weight excluding hydrogens is 274 g/mol. The first-order chi connectivity index (χ1) is 9.50. The van der Waals surface area contributed by atoms with Crippen LogP contribution in [-0.2, 0) is 10.0 Å². The van der Waals surface area contributed by atoms with Crippen LogP contribution in [-0.4, -0.2) is 31.9 Å². The van der Waals surface area contributed by atoms with E-state index in [-0.39, 0.29) is 10.9 Å². The van der Waals surface area contributed by atoms with Crippen LogP contribution >= 0.6 is 0 Å². The van der Waals surface area contributed by atoms with E-state index in [2.05, 4.69) is 0 Å². The van der Waals surface area contributed by atoms with E-state index >= 15 is 0 Å². The molecule has 1 aliphatic rings. The number of nitrogens with two attached hydrogens (primary N) is 1. The van der Waals surface area contributed by atoms with Gasteiger partial charge in [-0.1, -0.05) is 12.5 Å². The van der Waals surface area contributed by atoms with Gasteiger partial charge in [-0.2, -0.15) is 9.57 Å². The fourth-order valence-electron chi connectivity index (χ4n) is 2.60. The van der Waals surface area contributed by atoms with Gasteiger partial charge in [0.2, 0.25) is 10.0 Å². The predicted octanol–water partition coefficient (Wildman–Crippen LogP) is 1.37. The summed E-state index contributed by atoms with van der Waals surface area (Å²) in [4.78, 5) is 0.219. The van der Waals surface area contributed by atoms with Crippen molar-refractivity contribution >= 4 is 10.0 Å². The van der Waals surface area contributed by atoms with Crippen molar-refractivity contribution in [2.24, 2.45) is 5.73 Å². The lowest BCUT2D eigenvalue weighted by molar-refractivity contribution is 0.257. The normalized spacial score (nSPS) is 20.6. The van der Waals surface area contributed by atoms with E-state index in [4.69, 9.17) is 11.0 Å². The van der Waals surface area contributed by atoms with Crippen LogP contribution in [0.3, 0.4) is 0 Å². The lowest BCUT2D eigenvalue weighted by Gasteiger charge is -2.34. The van der Waals surface area contributed by atoms with Gasteiger partial charge in [0.1, 0.15) is 0 Å². The lowest BCUT2D eigenvalue weighted by atomic mass is 10.1. The molecule has 0 saturated carbocycles.